The third-order valence-corrected chi connectivity index (χ3v) is 6.14. The van der Waals surface area contributed by atoms with Gasteiger partial charge in [0.2, 0.25) is 5.91 Å². The van der Waals surface area contributed by atoms with Crippen LogP contribution in [0.4, 0.5) is 5.69 Å². The van der Waals surface area contributed by atoms with Gasteiger partial charge in [-0.25, -0.2) is 4.98 Å². The van der Waals surface area contributed by atoms with E-state index < -0.39 is 5.25 Å². The van der Waals surface area contributed by atoms with Crippen molar-refractivity contribution >= 4 is 57.5 Å². The summed E-state index contributed by atoms with van der Waals surface area (Å²) in [5.41, 5.74) is 0.781. The molecule has 2 aromatic carbocycles. The number of aliphatic hydroxyl groups is 1. The molecule has 1 unspecified atom stereocenters. The molecule has 6 nitrogen and oxygen atoms in total. The van der Waals surface area contributed by atoms with Gasteiger partial charge in [-0.05, 0) is 37.6 Å². The lowest BCUT2D eigenvalue weighted by Crippen LogP contribution is -2.27. The molecule has 0 spiro atoms. The van der Waals surface area contributed by atoms with Crippen LogP contribution >= 0.6 is 35.0 Å². The van der Waals surface area contributed by atoms with Gasteiger partial charge in [0.15, 0.2) is 5.16 Å². The molecule has 0 aliphatic carbocycles. The largest absolute Gasteiger partial charge is 0.396 e. The van der Waals surface area contributed by atoms with Crippen LogP contribution in [0.25, 0.3) is 10.9 Å². The topological polar surface area (TPSA) is 84.2 Å². The van der Waals surface area contributed by atoms with Gasteiger partial charge >= 0.3 is 0 Å². The molecule has 0 saturated carbocycles. The number of nitrogens with zero attached hydrogens (tertiary/aromatic N) is 2. The Balaban J connectivity index is 1.88. The van der Waals surface area contributed by atoms with Crippen molar-refractivity contribution in [2.24, 2.45) is 0 Å². The van der Waals surface area contributed by atoms with E-state index in [1.165, 1.54) is 16.3 Å². The van der Waals surface area contributed by atoms with Crippen LogP contribution in [0, 0.1) is 0 Å². The number of halogens is 2. The van der Waals surface area contributed by atoms with Crippen molar-refractivity contribution in [3.63, 3.8) is 0 Å². The van der Waals surface area contributed by atoms with Gasteiger partial charge in [0, 0.05) is 13.2 Å². The molecule has 2 N–H and O–H groups in total. The van der Waals surface area contributed by atoms with E-state index in [9.17, 15) is 14.7 Å². The summed E-state index contributed by atoms with van der Waals surface area (Å²) >= 11 is 13.3. The number of carbonyl (C=O) groups is 1. The maximum Gasteiger partial charge on any atom is 0.262 e. The van der Waals surface area contributed by atoms with Gasteiger partial charge in [-0.15, -0.1) is 0 Å². The van der Waals surface area contributed by atoms with E-state index in [-0.39, 0.29) is 23.1 Å². The van der Waals surface area contributed by atoms with Gasteiger partial charge < -0.3 is 10.4 Å². The maximum absolute atomic E-state index is 12.9. The number of hydrogen-bond acceptors (Lipinski definition) is 5. The molecule has 3 aromatic rings. The Bertz CT molecular complexity index is 1100. The number of carbonyl (C=O) groups excluding carboxylic acids is 1. The first-order valence-electron chi connectivity index (χ1n) is 8.94. The lowest BCUT2D eigenvalue weighted by atomic mass is 10.2. The molecule has 0 aliphatic rings. The summed E-state index contributed by atoms with van der Waals surface area (Å²) in [7, 11) is 0. The number of fused-ring (bicyclic) bond motifs is 1. The van der Waals surface area contributed by atoms with E-state index in [1.807, 2.05) is 0 Å². The number of hydrogen-bond donors (Lipinski definition) is 2. The molecule has 1 aromatic heterocycles. The summed E-state index contributed by atoms with van der Waals surface area (Å²) < 4.78 is 1.50. The Kier molecular flexibility index (Phi) is 7.18. The van der Waals surface area contributed by atoms with E-state index in [0.29, 0.717) is 39.7 Å². The first kappa shape index (κ1) is 21.6. The molecule has 29 heavy (non-hydrogen) atoms. The van der Waals surface area contributed by atoms with Crippen molar-refractivity contribution in [3.05, 3.63) is 62.9 Å². The van der Waals surface area contributed by atoms with E-state index in [2.05, 4.69) is 10.3 Å². The predicted octanol–water partition coefficient (Wildman–Crippen LogP) is 4.21. The van der Waals surface area contributed by atoms with Crippen molar-refractivity contribution in [3.8, 4) is 0 Å². The van der Waals surface area contributed by atoms with Crippen molar-refractivity contribution in [2.75, 3.05) is 11.9 Å². The molecule has 0 bridgehead atoms. The highest BCUT2D eigenvalue weighted by molar-refractivity contribution is 8.00. The molecule has 0 radical (unpaired) electrons. The fraction of sp³-hybridized carbons (Fsp3) is 0.250. The van der Waals surface area contributed by atoms with E-state index in [4.69, 9.17) is 23.2 Å². The monoisotopic (exact) mass is 451 g/mol. The number of rotatable bonds is 7. The number of aromatic nitrogens is 2. The van der Waals surface area contributed by atoms with Crippen molar-refractivity contribution in [1.82, 2.24) is 9.55 Å². The smallest absolute Gasteiger partial charge is 0.262 e. The third-order valence-electron chi connectivity index (χ3n) is 4.23. The lowest BCUT2D eigenvalue weighted by Gasteiger charge is -2.16. The van der Waals surface area contributed by atoms with Crippen LogP contribution in [-0.2, 0) is 11.3 Å². The van der Waals surface area contributed by atoms with E-state index in [0.717, 1.165) is 0 Å². The molecule has 1 heterocycles. The standard InChI is InChI=1S/C20H19Cl2N3O3S/c1-12(18(27)23-16-9-4-7-14(21)17(16)22)29-20-24-15-8-3-2-6-13(15)19(28)25(20)10-5-11-26/h2-4,6-9,12,26H,5,10-11H2,1H3,(H,23,27). The van der Waals surface area contributed by atoms with Crippen LogP contribution in [0.15, 0.2) is 52.4 Å². The van der Waals surface area contributed by atoms with Crippen LogP contribution in [-0.4, -0.2) is 32.4 Å². The molecule has 9 heteroatoms. The molecule has 3 rings (SSSR count). The SMILES string of the molecule is CC(Sc1nc2ccccc2c(=O)n1CCCO)C(=O)Nc1cccc(Cl)c1Cl. The Labute approximate surface area is 181 Å². The molecule has 1 amide bonds. The van der Waals surface area contributed by atoms with E-state index in [1.54, 1.807) is 49.4 Å². The van der Waals surface area contributed by atoms with Crippen molar-refractivity contribution in [1.29, 1.82) is 0 Å². The molecule has 1 atom stereocenters. The molecule has 0 fully saturated rings. The minimum absolute atomic E-state index is 0.0489. The summed E-state index contributed by atoms with van der Waals surface area (Å²) in [5, 5.41) is 12.9. The first-order chi connectivity index (χ1) is 13.9. The van der Waals surface area contributed by atoms with Crippen LogP contribution < -0.4 is 10.9 Å². The summed E-state index contributed by atoms with van der Waals surface area (Å²) in [6.07, 6.45) is 0.409. The zero-order chi connectivity index (χ0) is 21.0. The number of aliphatic hydroxyl groups excluding tert-OH is 1. The zero-order valence-corrected chi connectivity index (χ0v) is 17.9. The van der Waals surface area contributed by atoms with E-state index >= 15 is 0 Å². The minimum Gasteiger partial charge on any atom is -0.396 e. The van der Waals surface area contributed by atoms with Crippen LogP contribution in [0.2, 0.25) is 10.0 Å². The molecular weight excluding hydrogens is 433 g/mol. The maximum atomic E-state index is 12.9. The fourth-order valence-corrected chi connectivity index (χ4v) is 3.99. The highest BCUT2D eigenvalue weighted by atomic mass is 35.5. The Morgan fingerprint density at radius 3 is 2.76 bits per heavy atom. The fourth-order valence-electron chi connectivity index (χ4n) is 2.71. The number of amides is 1. The highest BCUT2D eigenvalue weighted by Crippen LogP contribution is 2.30. The minimum atomic E-state index is -0.557. The van der Waals surface area contributed by atoms with Gasteiger partial charge in [-0.1, -0.05) is 53.2 Å². The third kappa shape index (κ3) is 4.93. The second-order valence-corrected chi connectivity index (χ2v) is 8.39. The molecule has 0 saturated heterocycles. The van der Waals surface area contributed by atoms with Gasteiger partial charge in [-0.3, -0.25) is 14.2 Å². The number of nitrogens with one attached hydrogen (secondary N) is 1. The predicted molar refractivity (Wildman–Crippen MR) is 118 cm³/mol. The summed E-state index contributed by atoms with van der Waals surface area (Å²) in [6.45, 7) is 1.98. The number of thioether (sulfide) groups is 1. The van der Waals surface area contributed by atoms with Crippen LogP contribution in [0.1, 0.15) is 13.3 Å². The van der Waals surface area contributed by atoms with Crippen LogP contribution in [0.3, 0.4) is 0 Å². The summed E-state index contributed by atoms with van der Waals surface area (Å²) in [4.78, 5) is 30.1. The quantitative estimate of drug-likeness (QED) is 0.415. The van der Waals surface area contributed by atoms with Crippen molar-refractivity contribution in [2.45, 2.75) is 30.3 Å². The Morgan fingerprint density at radius 2 is 2.00 bits per heavy atom. The summed E-state index contributed by atoms with van der Waals surface area (Å²) in [6, 6.07) is 12.0. The van der Waals surface area contributed by atoms with Gasteiger partial charge in [0.05, 0.1) is 31.9 Å². The lowest BCUT2D eigenvalue weighted by molar-refractivity contribution is -0.115. The van der Waals surface area contributed by atoms with Gasteiger partial charge in [-0.2, -0.15) is 0 Å². The normalized spacial score (nSPS) is 12.1. The zero-order valence-electron chi connectivity index (χ0n) is 15.6. The number of anilines is 1. The number of benzene rings is 2. The Hall–Kier alpha value is -2.06. The van der Waals surface area contributed by atoms with Gasteiger partial charge in [0.25, 0.3) is 5.56 Å². The second kappa shape index (κ2) is 9.63. The Morgan fingerprint density at radius 1 is 1.24 bits per heavy atom. The summed E-state index contributed by atoms with van der Waals surface area (Å²) in [5.74, 6) is -0.296. The molecular formula is C20H19Cl2N3O3S. The van der Waals surface area contributed by atoms with Crippen LogP contribution in [0.5, 0.6) is 0 Å². The average molecular weight is 452 g/mol. The average Bonchev–Trinajstić information content (AvgIpc) is 2.71. The van der Waals surface area contributed by atoms with Crippen molar-refractivity contribution < 1.29 is 9.90 Å². The second-order valence-electron chi connectivity index (χ2n) is 6.30. The highest BCUT2D eigenvalue weighted by Gasteiger charge is 2.20. The number of para-hydroxylation sites is 1. The van der Waals surface area contributed by atoms with Gasteiger partial charge in [0.1, 0.15) is 0 Å². The molecule has 0 aliphatic heterocycles. The molecule has 152 valence electrons. The first-order valence-corrected chi connectivity index (χ1v) is 10.6.